The van der Waals surface area contributed by atoms with Gasteiger partial charge >= 0.3 is 6.18 Å². The van der Waals surface area contributed by atoms with Crippen LogP contribution in [0.25, 0.3) is 11.4 Å². The molecule has 158 valence electrons. The first-order chi connectivity index (χ1) is 13.8. The summed E-state index contributed by atoms with van der Waals surface area (Å²) in [5.41, 5.74) is 0.759. The SMILES string of the molecule is CN=C(NCCc1nc(-c2cccc(Cl)c2)no1)NC1CCCC(C(F)(F)F)C1. The quantitative estimate of drug-likeness (QED) is 0.550. The fraction of sp³-hybridized carbons (Fsp3) is 0.526. The topological polar surface area (TPSA) is 75.3 Å². The molecule has 0 aliphatic heterocycles. The Morgan fingerprint density at radius 3 is 2.90 bits per heavy atom. The molecular weight excluding hydrogens is 407 g/mol. The van der Waals surface area contributed by atoms with Crippen LogP contribution < -0.4 is 10.6 Å². The van der Waals surface area contributed by atoms with Crippen molar-refractivity contribution in [1.29, 1.82) is 0 Å². The van der Waals surface area contributed by atoms with Gasteiger partial charge in [0.15, 0.2) is 5.96 Å². The Balaban J connectivity index is 1.48. The van der Waals surface area contributed by atoms with Crippen molar-refractivity contribution in [1.82, 2.24) is 20.8 Å². The van der Waals surface area contributed by atoms with Crippen molar-refractivity contribution in [3.8, 4) is 11.4 Å². The van der Waals surface area contributed by atoms with Gasteiger partial charge in [0.1, 0.15) is 0 Å². The minimum absolute atomic E-state index is 0.0663. The summed E-state index contributed by atoms with van der Waals surface area (Å²) in [5, 5.41) is 10.7. The molecule has 0 saturated heterocycles. The molecule has 1 aromatic carbocycles. The van der Waals surface area contributed by atoms with Crippen LogP contribution in [-0.2, 0) is 6.42 Å². The molecule has 1 heterocycles. The van der Waals surface area contributed by atoms with Crippen molar-refractivity contribution in [2.24, 2.45) is 10.9 Å². The Kier molecular flexibility index (Phi) is 7.00. The Labute approximate surface area is 171 Å². The fourth-order valence-corrected chi connectivity index (χ4v) is 3.59. The normalized spacial score (nSPS) is 20.5. The molecule has 1 aromatic heterocycles. The van der Waals surface area contributed by atoms with Crippen LogP contribution in [-0.4, -0.2) is 41.9 Å². The van der Waals surface area contributed by atoms with Gasteiger partial charge in [-0.25, -0.2) is 0 Å². The summed E-state index contributed by atoms with van der Waals surface area (Å²) in [5.74, 6) is 0.103. The highest BCUT2D eigenvalue weighted by atomic mass is 35.5. The number of nitrogens with zero attached hydrogens (tertiary/aromatic N) is 3. The van der Waals surface area contributed by atoms with Gasteiger partial charge in [-0.1, -0.05) is 35.3 Å². The van der Waals surface area contributed by atoms with Crippen molar-refractivity contribution < 1.29 is 17.7 Å². The first-order valence-corrected chi connectivity index (χ1v) is 9.85. The Hall–Kier alpha value is -2.29. The van der Waals surface area contributed by atoms with E-state index < -0.39 is 12.1 Å². The maximum absolute atomic E-state index is 13.0. The fourth-order valence-electron chi connectivity index (χ4n) is 3.40. The van der Waals surface area contributed by atoms with Gasteiger partial charge in [0.05, 0.1) is 5.92 Å². The van der Waals surface area contributed by atoms with E-state index in [0.29, 0.717) is 48.5 Å². The molecule has 1 aliphatic carbocycles. The van der Waals surface area contributed by atoms with E-state index in [4.69, 9.17) is 16.1 Å². The summed E-state index contributed by atoms with van der Waals surface area (Å²) in [6, 6.07) is 6.90. The van der Waals surface area contributed by atoms with E-state index in [9.17, 15) is 13.2 Å². The summed E-state index contributed by atoms with van der Waals surface area (Å²) in [7, 11) is 1.59. The summed E-state index contributed by atoms with van der Waals surface area (Å²) < 4.78 is 44.1. The zero-order valence-corrected chi connectivity index (χ0v) is 16.7. The van der Waals surface area contributed by atoms with Crippen LogP contribution in [0.1, 0.15) is 31.6 Å². The lowest BCUT2D eigenvalue weighted by Gasteiger charge is -2.31. The zero-order chi connectivity index (χ0) is 20.9. The van der Waals surface area contributed by atoms with Crippen molar-refractivity contribution in [3.63, 3.8) is 0 Å². The van der Waals surface area contributed by atoms with Crippen LogP contribution in [0.15, 0.2) is 33.8 Å². The third-order valence-electron chi connectivity index (χ3n) is 4.88. The third kappa shape index (κ3) is 6.09. The monoisotopic (exact) mass is 429 g/mol. The van der Waals surface area contributed by atoms with Crippen LogP contribution >= 0.6 is 11.6 Å². The number of aromatic nitrogens is 2. The van der Waals surface area contributed by atoms with Crippen molar-refractivity contribution in [2.45, 2.75) is 44.3 Å². The Morgan fingerprint density at radius 1 is 1.34 bits per heavy atom. The van der Waals surface area contributed by atoms with Crippen molar-refractivity contribution in [2.75, 3.05) is 13.6 Å². The van der Waals surface area contributed by atoms with Crippen LogP contribution in [0.4, 0.5) is 13.2 Å². The number of alkyl halides is 3. The molecule has 0 amide bonds. The van der Waals surface area contributed by atoms with Crippen LogP contribution in [0.5, 0.6) is 0 Å². The van der Waals surface area contributed by atoms with E-state index in [1.165, 1.54) is 0 Å². The summed E-state index contributed by atoms with van der Waals surface area (Å²) in [4.78, 5) is 8.43. The van der Waals surface area contributed by atoms with Crippen LogP contribution in [0, 0.1) is 5.92 Å². The second kappa shape index (κ2) is 9.47. The number of halogens is 4. The van der Waals surface area contributed by atoms with E-state index in [2.05, 4.69) is 25.8 Å². The number of aliphatic imine (C=N–C) groups is 1. The van der Waals surface area contributed by atoms with Gasteiger partial charge in [0, 0.05) is 36.6 Å². The van der Waals surface area contributed by atoms with Gasteiger partial charge in [0.2, 0.25) is 11.7 Å². The standard InChI is InChI=1S/C19H23ClF3N5O/c1-24-18(26-15-7-3-5-13(11-15)19(21,22)23)25-9-8-16-27-17(28-29-16)12-4-2-6-14(20)10-12/h2,4,6,10,13,15H,3,5,7-9,11H2,1H3,(H2,24,25,26). The Bertz CT molecular complexity index is 839. The third-order valence-corrected chi connectivity index (χ3v) is 5.12. The van der Waals surface area contributed by atoms with Gasteiger partial charge < -0.3 is 15.2 Å². The summed E-state index contributed by atoms with van der Waals surface area (Å²) in [6.45, 7) is 0.451. The number of rotatable bonds is 5. The molecule has 6 nitrogen and oxygen atoms in total. The van der Waals surface area contributed by atoms with Crippen molar-refractivity contribution in [3.05, 3.63) is 35.2 Å². The first kappa shape index (κ1) is 21.4. The highest BCUT2D eigenvalue weighted by Crippen LogP contribution is 2.37. The number of guanidine groups is 1. The first-order valence-electron chi connectivity index (χ1n) is 9.47. The van der Waals surface area contributed by atoms with Crippen LogP contribution in [0.2, 0.25) is 5.02 Å². The molecule has 10 heteroatoms. The average Bonchev–Trinajstić information content (AvgIpc) is 3.16. The van der Waals surface area contributed by atoms with E-state index in [-0.39, 0.29) is 18.9 Å². The lowest BCUT2D eigenvalue weighted by Crippen LogP contribution is -2.47. The molecule has 2 unspecified atom stereocenters. The van der Waals surface area contributed by atoms with Crippen molar-refractivity contribution >= 4 is 17.6 Å². The Morgan fingerprint density at radius 2 is 2.17 bits per heavy atom. The average molecular weight is 430 g/mol. The van der Waals surface area contributed by atoms with E-state index in [1.807, 2.05) is 6.07 Å². The maximum Gasteiger partial charge on any atom is 0.391 e. The summed E-state index contributed by atoms with van der Waals surface area (Å²) >= 11 is 5.97. The molecule has 1 saturated carbocycles. The largest absolute Gasteiger partial charge is 0.391 e. The predicted octanol–water partition coefficient (Wildman–Crippen LogP) is 4.22. The minimum atomic E-state index is -4.14. The zero-order valence-electron chi connectivity index (χ0n) is 16.0. The molecule has 1 aliphatic rings. The molecule has 0 radical (unpaired) electrons. The number of hydrogen-bond acceptors (Lipinski definition) is 4. The van der Waals surface area contributed by atoms with Crippen LogP contribution in [0.3, 0.4) is 0 Å². The van der Waals surface area contributed by atoms with Gasteiger partial charge in [-0.15, -0.1) is 0 Å². The van der Waals surface area contributed by atoms with Gasteiger partial charge in [-0.05, 0) is 31.4 Å². The van der Waals surface area contributed by atoms with Gasteiger partial charge in [0.25, 0.3) is 0 Å². The molecule has 2 atom stereocenters. The minimum Gasteiger partial charge on any atom is -0.356 e. The molecule has 29 heavy (non-hydrogen) atoms. The molecule has 0 bridgehead atoms. The molecule has 1 fully saturated rings. The van der Waals surface area contributed by atoms with E-state index in [0.717, 1.165) is 5.56 Å². The predicted molar refractivity (Wildman–Crippen MR) is 105 cm³/mol. The lowest BCUT2D eigenvalue weighted by molar-refractivity contribution is -0.183. The smallest absolute Gasteiger partial charge is 0.356 e. The second-order valence-electron chi connectivity index (χ2n) is 7.02. The molecule has 3 rings (SSSR count). The summed E-state index contributed by atoms with van der Waals surface area (Å²) in [6.07, 6.45) is -2.19. The molecule has 0 spiro atoms. The van der Waals surface area contributed by atoms with E-state index >= 15 is 0 Å². The molecule has 2 N–H and O–H groups in total. The number of benzene rings is 1. The molecule has 2 aromatic rings. The van der Waals surface area contributed by atoms with E-state index in [1.54, 1.807) is 25.2 Å². The number of hydrogen-bond donors (Lipinski definition) is 2. The lowest BCUT2D eigenvalue weighted by atomic mass is 9.85. The highest BCUT2D eigenvalue weighted by molar-refractivity contribution is 6.30. The maximum atomic E-state index is 13.0. The number of nitrogens with one attached hydrogen (secondary N) is 2. The second-order valence-corrected chi connectivity index (χ2v) is 7.45. The molecular formula is C19H23ClF3N5O. The highest BCUT2D eigenvalue weighted by Gasteiger charge is 2.42. The van der Waals surface area contributed by atoms with Gasteiger partial charge in [-0.2, -0.15) is 18.2 Å². The van der Waals surface area contributed by atoms with Gasteiger partial charge in [-0.3, -0.25) is 4.99 Å².